The Labute approximate surface area is 118 Å². The van der Waals surface area contributed by atoms with E-state index in [1.54, 1.807) is 17.0 Å². The molecule has 1 aliphatic heterocycles. The molecule has 0 radical (unpaired) electrons. The summed E-state index contributed by atoms with van der Waals surface area (Å²) >= 11 is 0. The number of hydrogen-bond acceptors (Lipinski definition) is 3. The van der Waals surface area contributed by atoms with Crippen LogP contribution in [0.3, 0.4) is 0 Å². The van der Waals surface area contributed by atoms with Gasteiger partial charge in [-0.15, -0.1) is 0 Å². The van der Waals surface area contributed by atoms with Crippen LogP contribution in [-0.4, -0.2) is 42.2 Å². The summed E-state index contributed by atoms with van der Waals surface area (Å²) in [6.07, 6.45) is 0.905. The number of ether oxygens (including phenoxy) is 1. The van der Waals surface area contributed by atoms with E-state index >= 15 is 0 Å². The first-order valence-electron chi connectivity index (χ1n) is 6.96. The van der Waals surface area contributed by atoms with Crippen LogP contribution in [0.5, 0.6) is 0 Å². The Hall–Kier alpha value is -1.46. The maximum absolute atomic E-state index is 12.8. The quantitative estimate of drug-likeness (QED) is 0.896. The van der Waals surface area contributed by atoms with Gasteiger partial charge in [0.2, 0.25) is 5.91 Å². The lowest BCUT2D eigenvalue weighted by Gasteiger charge is -2.27. The van der Waals surface area contributed by atoms with Gasteiger partial charge in [-0.25, -0.2) is 4.39 Å². The van der Waals surface area contributed by atoms with Crippen LogP contribution in [0.25, 0.3) is 0 Å². The highest BCUT2D eigenvalue weighted by Crippen LogP contribution is 2.19. The zero-order valence-corrected chi connectivity index (χ0v) is 11.4. The number of nitrogens with zero attached hydrogens (tertiary/aromatic N) is 1. The molecule has 1 atom stereocenters. The number of rotatable bonds is 5. The summed E-state index contributed by atoms with van der Waals surface area (Å²) < 4.78 is 18.0. The summed E-state index contributed by atoms with van der Waals surface area (Å²) in [5.74, 6) is -0.206. The van der Waals surface area contributed by atoms with E-state index in [0.717, 1.165) is 0 Å². The van der Waals surface area contributed by atoms with Crippen molar-refractivity contribution in [1.82, 2.24) is 4.90 Å². The molecule has 1 saturated heterocycles. The normalized spacial score (nSPS) is 17.0. The summed E-state index contributed by atoms with van der Waals surface area (Å²) in [4.78, 5) is 13.7. The highest BCUT2D eigenvalue weighted by atomic mass is 19.1. The third-order valence-electron chi connectivity index (χ3n) is 3.49. The molecular formula is C15H20FNO3. The minimum Gasteiger partial charge on any atom is -0.388 e. The second kappa shape index (κ2) is 7.36. The fourth-order valence-electron chi connectivity index (χ4n) is 2.27. The largest absolute Gasteiger partial charge is 0.388 e. The zero-order chi connectivity index (χ0) is 14.4. The lowest BCUT2D eigenvalue weighted by Crippen LogP contribution is -2.40. The number of hydrogen-bond donors (Lipinski definition) is 1. The Bertz CT molecular complexity index is 429. The van der Waals surface area contributed by atoms with Gasteiger partial charge in [0.1, 0.15) is 5.82 Å². The van der Waals surface area contributed by atoms with Crippen molar-refractivity contribution in [3.63, 3.8) is 0 Å². The molecule has 0 bridgehead atoms. The minimum absolute atomic E-state index is 0.111. The van der Waals surface area contributed by atoms with Crippen molar-refractivity contribution in [3.05, 3.63) is 35.6 Å². The van der Waals surface area contributed by atoms with Crippen LogP contribution in [0.15, 0.2) is 24.3 Å². The molecule has 110 valence electrons. The Morgan fingerprint density at radius 2 is 1.95 bits per heavy atom. The van der Waals surface area contributed by atoms with Crippen molar-refractivity contribution >= 4 is 5.91 Å². The van der Waals surface area contributed by atoms with Gasteiger partial charge in [-0.1, -0.05) is 12.1 Å². The maximum Gasteiger partial charge on any atom is 0.222 e. The SMILES string of the molecule is O=C(CCC[C@@H](O)c1ccc(F)cc1)N1CCOCC1. The molecule has 0 saturated carbocycles. The first kappa shape index (κ1) is 14.9. The zero-order valence-electron chi connectivity index (χ0n) is 11.4. The van der Waals surface area contributed by atoms with E-state index in [-0.39, 0.29) is 11.7 Å². The molecule has 1 aromatic carbocycles. The molecule has 20 heavy (non-hydrogen) atoms. The number of carbonyl (C=O) groups excluding carboxylic acids is 1. The maximum atomic E-state index is 12.8. The van der Waals surface area contributed by atoms with Crippen LogP contribution in [-0.2, 0) is 9.53 Å². The van der Waals surface area contributed by atoms with Gasteiger partial charge in [0.05, 0.1) is 19.3 Å². The summed E-state index contributed by atoms with van der Waals surface area (Å²) in [6, 6.07) is 5.81. The van der Waals surface area contributed by atoms with Gasteiger partial charge in [-0.2, -0.15) is 0 Å². The fraction of sp³-hybridized carbons (Fsp3) is 0.533. The predicted octanol–water partition coefficient (Wildman–Crippen LogP) is 1.89. The Morgan fingerprint density at radius 1 is 1.30 bits per heavy atom. The van der Waals surface area contributed by atoms with E-state index in [9.17, 15) is 14.3 Å². The van der Waals surface area contributed by atoms with E-state index < -0.39 is 6.10 Å². The fourth-order valence-corrected chi connectivity index (χ4v) is 2.27. The molecule has 5 heteroatoms. The highest BCUT2D eigenvalue weighted by molar-refractivity contribution is 5.76. The van der Waals surface area contributed by atoms with Gasteiger partial charge in [0.25, 0.3) is 0 Å². The molecule has 1 fully saturated rings. The van der Waals surface area contributed by atoms with Crippen LogP contribution >= 0.6 is 0 Å². The van der Waals surface area contributed by atoms with E-state index in [1.807, 2.05) is 0 Å². The lowest BCUT2D eigenvalue weighted by molar-refractivity contribution is -0.135. The second-order valence-corrected chi connectivity index (χ2v) is 4.95. The second-order valence-electron chi connectivity index (χ2n) is 4.95. The first-order valence-corrected chi connectivity index (χ1v) is 6.96. The van der Waals surface area contributed by atoms with Crippen LogP contribution in [0.1, 0.15) is 30.9 Å². The standard InChI is InChI=1S/C15H20FNO3/c16-13-6-4-12(5-7-13)14(18)2-1-3-15(19)17-8-10-20-11-9-17/h4-7,14,18H,1-3,8-11H2/t14-/m1/s1. The van der Waals surface area contributed by atoms with Gasteiger partial charge >= 0.3 is 0 Å². The number of benzene rings is 1. The number of morpholine rings is 1. The van der Waals surface area contributed by atoms with Crippen molar-refractivity contribution in [3.8, 4) is 0 Å². The van der Waals surface area contributed by atoms with Crippen LogP contribution in [0, 0.1) is 5.82 Å². The predicted molar refractivity (Wildman–Crippen MR) is 72.6 cm³/mol. The average Bonchev–Trinajstić information content (AvgIpc) is 2.48. The van der Waals surface area contributed by atoms with Crippen LogP contribution in [0.2, 0.25) is 0 Å². The number of aliphatic hydroxyl groups excluding tert-OH is 1. The van der Waals surface area contributed by atoms with Crippen molar-refractivity contribution in [2.45, 2.75) is 25.4 Å². The molecule has 0 aliphatic carbocycles. The molecule has 1 aliphatic rings. The summed E-state index contributed by atoms with van der Waals surface area (Å²) in [6.45, 7) is 2.51. The average molecular weight is 281 g/mol. The number of carbonyl (C=O) groups is 1. The van der Waals surface area contributed by atoms with E-state index in [1.165, 1.54) is 12.1 Å². The van der Waals surface area contributed by atoms with E-state index in [0.29, 0.717) is 51.1 Å². The van der Waals surface area contributed by atoms with Crippen LogP contribution < -0.4 is 0 Å². The molecule has 1 N–H and O–H groups in total. The minimum atomic E-state index is -0.645. The van der Waals surface area contributed by atoms with E-state index in [2.05, 4.69) is 0 Å². The first-order chi connectivity index (χ1) is 9.66. The van der Waals surface area contributed by atoms with Crippen molar-refractivity contribution in [2.75, 3.05) is 26.3 Å². The molecule has 1 amide bonds. The number of halogens is 1. The van der Waals surface area contributed by atoms with Crippen molar-refractivity contribution < 1.29 is 19.0 Å². The van der Waals surface area contributed by atoms with Crippen molar-refractivity contribution in [2.24, 2.45) is 0 Å². The Kier molecular flexibility index (Phi) is 5.49. The molecule has 2 rings (SSSR count). The van der Waals surface area contributed by atoms with Crippen molar-refractivity contribution in [1.29, 1.82) is 0 Å². The monoisotopic (exact) mass is 281 g/mol. The Morgan fingerprint density at radius 3 is 2.60 bits per heavy atom. The molecule has 0 aromatic heterocycles. The van der Waals surface area contributed by atoms with Gasteiger partial charge in [-0.05, 0) is 30.5 Å². The lowest BCUT2D eigenvalue weighted by atomic mass is 10.0. The van der Waals surface area contributed by atoms with Crippen LogP contribution in [0.4, 0.5) is 4.39 Å². The summed E-state index contributed by atoms with van der Waals surface area (Å²) in [5.41, 5.74) is 0.685. The molecule has 1 heterocycles. The Balaban J connectivity index is 1.72. The smallest absolute Gasteiger partial charge is 0.222 e. The third-order valence-corrected chi connectivity index (χ3v) is 3.49. The van der Waals surface area contributed by atoms with Gasteiger partial charge in [-0.3, -0.25) is 4.79 Å². The third kappa shape index (κ3) is 4.28. The molecule has 0 unspecified atom stereocenters. The topological polar surface area (TPSA) is 49.8 Å². The van der Waals surface area contributed by atoms with Gasteiger partial charge in [0.15, 0.2) is 0 Å². The molecular weight excluding hydrogens is 261 g/mol. The van der Waals surface area contributed by atoms with Gasteiger partial charge in [0, 0.05) is 19.5 Å². The number of aliphatic hydroxyl groups is 1. The molecule has 4 nitrogen and oxygen atoms in total. The molecule has 1 aromatic rings. The van der Waals surface area contributed by atoms with E-state index in [4.69, 9.17) is 4.74 Å². The highest BCUT2D eigenvalue weighted by Gasteiger charge is 2.17. The van der Waals surface area contributed by atoms with Gasteiger partial charge < -0.3 is 14.7 Å². The number of amides is 1. The summed E-state index contributed by atoms with van der Waals surface area (Å²) in [5, 5.41) is 9.97. The summed E-state index contributed by atoms with van der Waals surface area (Å²) in [7, 11) is 0. The molecule has 0 spiro atoms.